The first kappa shape index (κ1) is 23.8. The predicted octanol–water partition coefficient (Wildman–Crippen LogP) is 5.06. The number of carbonyl (C=O) groups is 1. The summed E-state index contributed by atoms with van der Waals surface area (Å²) in [6.45, 7) is 2.75. The van der Waals surface area contributed by atoms with Crippen molar-refractivity contribution in [3.63, 3.8) is 0 Å². The first-order valence-electron chi connectivity index (χ1n) is 11.3. The smallest absolute Gasteiger partial charge is 0.265 e. The second-order valence-electron chi connectivity index (χ2n) is 8.12. The molecule has 1 unspecified atom stereocenters. The molecule has 1 aliphatic rings. The number of ether oxygens (including phenoxy) is 2. The number of nitrogens with one attached hydrogen (secondary N) is 1. The van der Waals surface area contributed by atoms with E-state index in [1.54, 1.807) is 43.3 Å². The van der Waals surface area contributed by atoms with Crippen LogP contribution in [0.3, 0.4) is 0 Å². The molecular weight excluding hydrogens is 452 g/mol. The molecule has 0 radical (unpaired) electrons. The zero-order valence-corrected chi connectivity index (χ0v) is 19.8. The highest BCUT2D eigenvalue weighted by molar-refractivity contribution is 7.89. The zero-order chi connectivity index (χ0) is 24.0. The minimum atomic E-state index is -3.50. The van der Waals surface area contributed by atoms with Gasteiger partial charge in [0.1, 0.15) is 17.2 Å². The molecule has 1 aliphatic heterocycles. The minimum Gasteiger partial charge on any atom is -0.481 e. The van der Waals surface area contributed by atoms with E-state index in [0.717, 1.165) is 25.0 Å². The number of rotatable bonds is 8. The summed E-state index contributed by atoms with van der Waals surface area (Å²) in [6.07, 6.45) is 2.07. The lowest BCUT2D eigenvalue weighted by Crippen LogP contribution is -2.35. The van der Waals surface area contributed by atoms with Gasteiger partial charge in [0.15, 0.2) is 6.10 Å². The number of piperidine rings is 1. The van der Waals surface area contributed by atoms with Crippen LogP contribution >= 0.6 is 0 Å². The first-order chi connectivity index (χ1) is 16.4. The molecule has 0 aliphatic carbocycles. The molecule has 1 N–H and O–H groups in total. The fourth-order valence-corrected chi connectivity index (χ4v) is 5.19. The van der Waals surface area contributed by atoms with Crippen molar-refractivity contribution in [1.29, 1.82) is 0 Å². The lowest BCUT2D eigenvalue weighted by molar-refractivity contribution is -0.122. The van der Waals surface area contributed by atoms with E-state index in [1.165, 1.54) is 16.4 Å². The van der Waals surface area contributed by atoms with Gasteiger partial charge in [0.25, 0.3) is 5.91 Å². The number of sulfonamides is 1. The summed E-state index contributed by atoms with van der Waals surface area (Å²) in [5.41, 5.74) is 0.504. The minimum absolute atomic E-state index is 0.231. The van der Waals surface area contributed by atoms with Crippen LogP contribution in [0.15, 0.2) is 83.8 Å². The maximum Gasteiger partial charge on any atom is 0.265 e. The Bertz CT molecular complexity index is 1190. The van der Waals surface area contributed by atoms with E-state index in [9.17, 15) is 13.2 Å². The van der Waals surface area contributed by atoms with Crippen LogP contribution in [0.1, 0.15) is 26.2 Å². The van der Waals surface area contributed by atoms with Crippen LogP contribution in [0.5, 0.6) is 17.2 Å². The van der Waals surface area contributed by atoms with Gasteiger partial charge < -0.3 is 14.8 Å². The molecule has 3 aromatic rings. The maximum absolute atomic E-state index is 12.8. The molecule has 1 atom stereocenters. The molecular formula is C26H28N2O5S. The number of anilines is 1. The van der Waals surface area contributed by atoms with Crippen LogP contribution in [0.2, 0.25) is 0 Å². The highest BCUT2D eigenvalue weighted by Gasteiger charge is 2.25. The third kappa shape index (κ3) is 5.95. The number of hydrogen-bond acceptors (Lipinski definition) is 5. The van der Waals surface area contributed by atoms with E-state index in [2.05, 4.69) is 5.32 Å². The monoisotopic (exact) mass is 480 g/mol. The number of benzene rings is 3. The van der Waals surface area contributed by atoms with Gasteiger partial charge in [-0.1, -0.05) is 24.6 Å². The lowest BCUT2D eigenvalue weighted by Gasteiger charge is -2.25. The Balaban J connectivity index is 1.31. The summed E-state index contributed by atoms with van der Waals surface area (Å²) in [5, 5.41) is 2.77. The SMILES string of the molecule is CC(Oc1ccc(Oc2ccccc2)cc1)C(=O)Nc1ccc(S(=O)(=O)N2CCCCC2)cc1. The van der Waals surface area contributed by atoms with Gasteiger partial charge in [-0.05, 0) is 80.4 Å². The van der Waals surface area contributed by atoms with Crippen LogP contribution in [0, 0.1) is 0 Å². The Morgan fingerprint density at radius 3 is 2.06 bits per heavy atom. The Morgan fingerprint density at radius 2 is 1.41 bits per heavy atom. The Kier molecular flexibility index (Phi) is 7.49. The molecule has 4 rings (SSSR count). The van der Waals surface area contributed by atoms with Gasteiger partial charge in [0, 0.05) is 18.8 Å². The lowest BCUT2D eigenvalue weighted by atomic mass is 10.2. The van der Waals surface area contributed by atoms with Gasteiger partial charge in [0.05, 0.1) is 4.90 Å². The molecule has 178 valence electrons. The van der Waals surface area contributed by atoms with Crippen molar-refractivity contribution in [2.75, 3.05) is 18.4 Å². The van der Waals surface area contributed by atoms with Crippen molar-refractivity contribution in [3.05, 3.63) is 78.9 Å². The Labute approximate surface area is 200 Å². The molecule has 8 heteroatoms. The average Bonchev–Trinajstić information content (AvgIpc) is 2.87. The molecule has 1 heterocycles. The largest absolute Gasteiger partial charge is 0.481 e. The van der Waals surface area contributed by atoms with E-state index in [1.807, 2.05) is 30.3 Å². The summed E-state index contributed by atoms with van der Waals surface area (Å²) in [7, 11) is -3.50. The third-order valence-electron chi connectivity index (χ3n) is 5.56. The van der Waals surface area contributed by atoms with Crippen LogP contribution < -0.4 is 14.8 Å². The van der Waals surface area contributed by atoms with Gasteiger partial charge in [-0.25, -0.2) is 8.42 Å². The normalized spacial score (nSPS) is 15.3. The van der Waals surface area contributed by atoms with Gasteiger partial charge >= 0.3 is 0 Å². The van der Waals surface area contributed by atoms with Crippen molar-refractivity contribution in [2.24, 2.45) is 0 Å². The summed E-state index contributed by atoms with van der Waals surface area (Å²) >= 11 is 0. The third-order valence-corrected chi connectivity index (χ3v) is 7.47. The van der Waals surface area contributed by atoms with Crippen molar-refractivity contribution >= 4 is 21.6 Å². The molecule has 0 saturated carbocycles. The highest BCUT2D eigenvalue weighted by atomic mass is 32.2. The number of nitrogens with zero attached hydrogens (tertiary/aromatic N) is 1. The van der Waals surface area contributed by atoms with E-state index >= 15 is 0 Å². The van der Waals surface area contributed by atoms with Crippen LogP contribution in [0.4, 0.5) is 5.69 Å². The van der Waals surface area contributed by atoms with E-state index in [-0.39, 0.29) is 10.8 Å². The maximum atomic E-state index is 12.8. The summed E-state index contributed by atoms with van der Waals surface area (Å²) < 4.78 is 38.6. The molecule has 0 bridgehead atoms. The second kappa shape index (κ2) is 10.7. The van der Waals surface area contributed by atoms with Gasteiger partial charge in [0.2, 0.25) is 10.0 Å². The van der Waals surface area contributed by atoms with Crippen LogP contribution in [-0.4, -0.2) is 37.8 Å². The summed E-state index contributed by atoms with van der Waals surface area (Å²) in [6, 6.07) is 22.7. The van der Waals surface area contributed by atoms with Crippen LogP contribution in [0.25, 0.3) is 0 Å². The molecule has 34 heavy (non-hydrogen) atoms. The molecule has 7 nitrogen and oxygen atoms in total. The van der Waals surface area contributed by atoms with Crippen molar-refractivity contribution in [1.82, 2.24) is 4.31 Å². The number of amides is 1. The van der Waals surface area contributed by atoms with Crippen LogP contribution in [-0.2, 0) is 14.8 Å². The standard InChI is InChI=1S/C26H28N2O5S/c1-20(32-23-12-14-24(15-13-23)33-22-8-4-2-5-9-22)26(29)27-21-10-16-25(17-11-21)34(30,31)28-18-6-3-7-19-28/h2,4-5,8-17,20H,3,6-7,18-19H2,1H3,(H,27,29). The molecule has 3 aromatic carbocycles. The number of para-hydroxylation sites is 1. The van der Waals surface area contributed by atoms with E-state index in [4.69, 9.17) is 9.47 Å². The average molecular weight is 481 g/mol. The van der Waals surface area contributed by atoms with E-state index in [0.29, 0.717) is 30.3 Å². The fraction of sp³-hybridized carbons (Fsp3) is 0.269. The van der Waals surface area contributed by atoms with Gasteiger partial charge in [-0.15, -0.1) is 0 Å². The number of carbonyl (C=O) groups excluding carboxylic acids is 1. The fourth-order valence-electron chi connectivity index (χ4n) is 3.68. The highest BCUT2D eigenvalue weighted by Crippen LogP contribution is 2.25. The zero-order valence-electron chi connectivity index (χ0n) is 19.0. The molecule has 1 fully saturated rings. The Morgan fingerprint density at radius 1 is 0.824 bits per heavy atom. The molecule has 0 spiro atoms. The molecule has 1 saturated heterocycles. The molecule has 1 amide bonds. The molecule has 0 aromatic heterocycles. The summed E-state index contributed by atoms with van der Waals surface area (Å²) in [5.74, 6) is 1.59. The summed E-state index contributed by atoms with van der Waals surface area (Å²) in [4.78, 5) is 12.8. The van der Waals surface area contributed by atoms with Crippen molar-refractivity contribution < 1.29 is 22.7 Å². The van der Waals surface area contributed by atoms with Crippen molar-refractivity contribution in [3.8, 4) is 17.2 Å². The second-order valence-corrected chi connectivity index (χ2v) is 10.1. The van der Waals surface area contributed by atoms with Gasteiger partial charge in [-0.3, -0.25) is 4.79 Å². The van der Waals surface area contributed by atoms with Gasteiger partial charge in [-0.2, -0.15) is 4.31 Å². The van der Waals surface area contributed by atoms with Crippen molar-refractivity contribution in [2.45, 2.75) is 37.2 Å². The number of hydrogen-bond donors (Lipinski definition) is 1. The predicted molar refractivity (Wildman–Crippen MR) is 131 cm³/mol. The van der Waals surface area contributed by atoms with E-state index < -0.39 is 16.1 Å². The quantitative estimate of drug-likeness (QED) is 0.487. The first-order valence-corrected chi connectivity index (χ1v) is 12.8. The Hall–Kier alpha value is -3.36. The topological polar surface area (TPSA) is 84.9 Å².